The quantitative estimate of drug-likeness (QED) is 0.0171. The highest BCUT2D eigenvalue weighted by molar-refractivity contribution is 7.47. The molecule has 0 aliphatic heterocycles. The smallest absolute Gasteiger partial charge is 0.462 e. The first-order valence-corrected chi connectivity index (χ1v) is 22.9. The van der Waals surface area contributed by atoms with E-state index in [2.05, 4.69) is 60.9 Å². The predicted molar refractivity (Wildman–Crippen MR) is 226 cm³/mol. The van der Waals surface area contributed by atoms with E-state index in [1.54, 1.807) is 0 Å². The van der Waals surface area contributed by atoms with Crippen molar-refractivity contribution in [2.75, 3.05) is 26.4 Å². The van der Waals surface area contributed by atoms with Gasteiger partial charge < -0.3 is 34.8 Å². The number of carbonyl (C=O) groups is 2. The monoisotopic (exact) mass is 829 g/mol. The zero-order valence-corrected chi connectivity index (χ0v) is 35.9. The number of aliphatic hydroxyl groups is 4. The van der Waals surface area contributed by atoms with Gasteiger partial charge in [0.15, 0.2) is 6.10 Å². The summed E-state index contributed by atoms with van der Waals surface area (Å²) in [5, 5.41) is 39.0. The van der Waals surface area contributed by atoms with Gasteiger partial charge in [0.25, 0.3) is 0 Å². The van der Waals surface area contributed by atoms with Gasteiger partial charge >= 0.3 is 19.8 Å². The van der Waals surface area contributed by atoms with Crippen molar-refractivity contribution in [3.8, 4) is 0 Å². The summed E-state index contributed by atoms with van der Waals surface area (Å²) in [7, 11) is -4.69. The Morgan fingerprint density at radius 3 is 1.72 bits per heavy atom. The van der Waals surface area contributed by atoms with E-state index in [1.807, 2.05) is 18.2 Å². The van der Waals surface area contributed by atoms with Crippen molar-refractivity contribution in [1.82, 2.24) is 0 Å². The lowest BCUT2D eigenvalue weighted by Gasteiger charge is -2.20. The van der Waals surface area contributed by atoms with Crippen LogP contribution in [0.5, 0.6) is 0 Å². The Morgan fingerprint density at radius 1 is 0.596 bits per heavy atom. The zero-order valence-electron chi connectivity index (χ0n) is 35.0. The Balaban J connectivity index is 4.56. The summed E-state index contributed by atoms with van der Waals surface area (Å²) in [6, 6.07) is 0. The molecule has 0 aliphatic carbocycles. The summed E-state index contributed by atoms with van der Waals surface area (Å²) in [4.78, 5) is 35.0. The Labute approximate surface area is 343 Å². The molecule has 0 heterocycles. The molecule has 13 heteroatoms. The van der Waals surface area contributed by atoms with Crippen LogP contribution in [0, 0.1) is 0 Å². The van der Waals surface area contributed by atoms with Crippen molar-refractivity contribution in [3.63, 3.8) is 0 Å². The number of carbonyl (C=O) groups excluding carboxylic acids is 2. The summed E-state index contributed by atoms with van der Waals surface area (Å²) < 4.78 is 32.5. The molecular weight excluding hydrogens is 751 g/mol. The first-order chi connectivity index (χ1) is 27.5. The third-order valence-electron chi connectivity index (χ3n) is 8.86. The summed E-state index contributed by atoms with van der Waals surface area (Å²) in [5.41, 5.74) is 0. The molecule has 0 aromatic carbocycles. The number of aliphatic hydroxyl groups excluding tert-OH is 4. The molecule has 0 saturated heterocycles. The lowest BCUT2D eigenvalue weighted by molar-refractivity contribution is -0.161. The fraction of sp³-hybridized carbons (Fsp3) is 0.727. The van der Waals surface area contributed by atoms with Gasteiger partial charge in [0.05, 0.1) is 32.0 Å². The molecule has 0 fully saturated rings. The van der Waals surface area contributed by atoms with E-state index >= 15 is 0 Å². The third kappa shape index (κ3) is 37.6. The van der Waals surface area contributed by atoms with Crippen LogP contribution < -0.4 is 0 Å². The van der Waals surface area contributed by atoms with Crippen LogP contribution in [0.25, 0.3) is 0 Å². The zero-order chi connectivity index (χ0) is 42.2. The van der Waals surface area contributed by atoms with Crippen LogP contribution in [0.2, 0.25) is 0 Å². The molecule has 0 spiro atoms. The van der Waals surface area contributed by atoms with Crippen LogP contribution in [0.15, 0.2) is 60.8 Å². The normalized spacial score (nSPS) is 15.6. The maximum absolute atomic E-state index is 12.6. The van der Waals surface area contributed by atoms with E-state index in [0.717, 1.165) is 51.4 Å². The van der Waals surface area contributed by atoms with Crippen molar-refractivity contribution < 1.29 is 58.0 Å². The highest BCUT2D eigenvalue weighted by Crippen LogP contribution is 2.43. The van der Waals surface area contributed by atoms with Crippen LogP contribution in [0.4, 0.5) is 0 Å². The van der Waals surface area contributed by atoms with Gasteiger partial charge in [0.1, 0.15) is 12.7 Å². The number of allylic oxidation sites excluding steroid dienone is 9. The molecule has 0 aromatic heterocycles. The molecule has 5 N–H and O–H groups in total. The predicted octanol–water partition coefficient (Wildman–Crippen LogP) is 9.05. The Hall–Kier alpha value is -2.41. The van der Waals surface area contributed by atoms with Gasteiger partial charge in [-0.15, -0.1) is 0 Å². The maximum atomic E-state index is 12.6. The van der Waals surface area contributed by atoms with Crippen molar-refractivity contribution in [1.29, 1.82) is 0 Å². The first kappa shape index (κ1) is 54.6. The van der Waals surface area contributed by atoms with Crippen molar-refractivity contribution in [2.24, 2.45) is 0 Å². The molecule has 0 saturated carbocycles. The molecule has 0 bridgehead atoms. The average molecular weight is 829 g/mol. The van der Waals surface area contributed by atoms with Crippen LogP contribution in [-0.4, -0.2) is 88.1 Å². The highest BCUT2D eigenvalue weighted by Gasteiger charge is 2.27. The fourth-order valence-corrected chi connectivity index (χ4v) is 6.22. The summed E-state index contributed by atoms with van der Waals surface area (Å²) >= 11 is 0. The van der Waals surface area contributed by atoms with Crippen molar-refractivity contribution in [3.05, 3.63) is 60.8 Å². The van der Waals surface area contributed by atoms with Gasteiger partial charge in [-0.2, -0.15) is 0 Å². The number of ether oxygens (including phenoxy) is 2. The largest absolute Gasteiger partial charge is 0.472 e. The number of hydrogen-bond acceptors (Lipinski definition) is 11. The molecule has 0 radical (unpaired) electrons. The lowest BCUT2D eigenvalue weighted by Crippen LogP contribution is -2.30. The lowest BCUT2D eigenvalue weighted by atomic mass is 10.0. The van der Waals surface area contributed by atoms with Gasteiger partial charge in [-0.25, -0.2) is 4.57 Å². The number of hydrogen-bond donors (Lipinski definition) is 5. The van der Waals surface area contributed by atoms with E-state index in [1.165, 1.54) is 44.9 Å². The molecule has 0 aliphatic rings. The van der Waals surface area contributed by atoms with Crippen LogP contribution >= 0.6 is 7.82 Å². The van der Waals surface area contributed by atoms with Gasteiger partial charge in [-0.1, -0.05) is 126 Å². The number of phosphoric ester groups is 1. The second kappa shape index (κ2) is 39.1. The summed E-state index contributed by atoms with van der Waals surface area (Å²) in [6.45, 7) is 1.90. The SMILES string of the molecule is CC/C=C\C/C=C\C/C=C\C/C=C\C[C@H](O)[C@@H](O)CCCC(=O)OC[C@H](COP(=O)(O)OC[C@@H](O)CO)OC(=O)CCCCCCCCC/C=C\CCCCCC. The molecule has 1 unspecified atom stereocenters. The Morgan fingerprint density at radius 2 is 1.12 bits per heavy atom. The molecule has 0 rings (SSSR count). The van der Waals surface area contributed by atoms with Gasteiger partial charge in [0.2, 0.25) is 0 Å². The number of esters is 2. The molecule has 5 atom stereocenters. The van der Waals surface area contributed by atoms with Gasteiger partial charge in [-0.05, 0) is 77.0 Å². The first-order valence-electron chi connectivity index (χ1n) is 21.4. The summed E-state index contributed by atoms with van der Waals surface area (Å²) in [5.74, 6) is -1.22. The Kier molecular flexibility index (Phi) is 37.4. The van der Waals surface area contributed by atoms with E-state index in [0.29, 0.717) is 12.8 Å². The number of phosphoric acid groups is 1. The van der Waals surface area contributed by atoms with E-state index in [4.69, 9.17) is 19.1 Å². The minimum absolute atomic E-state index is 0.0776. The highest BCUT2D eigenvalue weighted by atomic mass is 31.2. The Bertz CT molecular complexity index is 1170. The molecule has 12 nitrogen and oxygen atoms in total. The molecule has 57 heavy (non-hydrogen) atoms. The van der Waals surface area contributed by atoms with E-state index < -0.39 is 70.6 Å². The van der Waals surface area contributed by atoms with Gasteiger partial charge in [0, 0.05) is 12.8 Å². The standard InChI is InChI=1S/C44H77O12P/c1-3-5-7-9-11-13-15-17-18-19-21-23-25-27-29-33-44(50)56-40(38-55-57(51,52)54-36-39(46)35-45)37-53-43(49)34-30-32-42(48)41(47)31-28-26-24-22-20-16-14-12-10-8-6-4-2/h6,8,12-15,20,22,26,28,39-42,45-48H,3-5,7,9-11,16-19,21,23-25,27,29-38H2,1-2H3,(H,51,52)/b8-6-,14-12-,15-13-,22-20-,28-26-/t39-,40+,41-,42-/m0/s1. The van der Waals surface area contributed by atoms with Crippen LogP contribution in [-0.2, 0) is 32.7 Å². The molecule has 0 aromatic rings. The molecular formula is C44H77O12P. The minimum Gasteiger partial charge on any atom is -0.462 e. The van der Waals surface area contributed by atoms with Crippen LogP contribution in [0.3, 0.4) is 0 Å². The van der Waals surface area contributed by atoms with Crippen molar-refractivity contribution in [2.45, 2.75) is 180 Å². The summed E-state index contributed by atoms with van der Waals surface area (Å²) in [6.07, 6.45) is 35.0. The maximum Gasteiger partial charge on any atom is 0.472 e. The molecule has 0 amide bonds. The van der Waals surface area contributed by atoms with Crippen molar-refractivity contribution >= 4 is 19.8 Å². The van der Waals surface area contributed by atoms with E-state index in [-0.39, 0.29) is 32.1 Å². The minimum atomic E-state index is -4.69. The second-order valence-corrected chi connectivity index (χ2v) is 15.7. The van der Waals surface area contributed by atoms with E-state index in [9.17, 15) is 34.4 Å². The fourth-order valence-electron chi connectivity index (χ4n) is 5.43. The third-order valence-corrected chi connectivity index (χ3v) is 9.81. The number of unbranched alkanes of at least 4 members (excludes halogenated alkanes) is 11. The topological polar surface area (TPSA) is 189 Å². The number of rotatable bonds is 39. The molecule has 330 valence electrons. The van der Waals surface area contributed by atoms with Gasteiger partial charge in [-0.3, -0.25) is 18.6 Å². The average Bonchev–Trinajstić information content (AvgIpc) is 3.19. The second-order valence-electron chi connectivity index (χ2n) is 14.3. The van der Waals surface area contributed by atoms with Crippen LogP contribution in [0.1, 0.15) is 155 Å².